The summed E-state index contributed by atoms with van der Waals surface area (Å²) in [6.07, 6.45) is 5.36. The highest BCUT2D eigenvalue weighted by Crippen LogP contribution is 2.29. The van der Waals surface area contributed by atoms with E-state index in [9.17, 15) is 0 Å². The van der Waals surface area contributed by atoms with E-state index >= 15 is 0 Å². The minimum atomic E-state index is 0.605. The van der Waals surface area contributed by atoms with Crippen molar-refractivity contribution >= 4 is 0 Å². The number of oxazole rings is 1. The van der Waals surface area contributed by atoms with Gasteiger partial charge in [-0.3, -0.25) is 0 Å². The number of hydrogen-bond donors (Lipinski definition) is 0. The van der Waals surface area contributed by atoms with E-state index in [0.717, 1.165) is 17.0 Å². The van der Waals surface area contributed by atoms with Crippen LogP contribution in [0.4, 0.5) is 0 Å². The fourth-order valence-corrected chi connectivity index (χ4v) is 2.82. The van der Waals surface area contributed by atoms with Crippen molar-refractivity contribution in [3.63, 3.8) is 0 Å². The molecule has 0 aliphatic rings. The lowest BCUT2D eigenvalue weighted by Gasteiger charge is -2.06. The lowest BCUT2D eigenvalue weighted by atomic mass is 10.0. The Balaban J connectivity index is 1.76. The number of hydrogen-bond acceptors (Lipinski definition) is 3. The molecule has 0 saturated heterocycles. The van der Waals surface area contributed by atoms with Gasteiger partial charge >= 0.3 is 0 Å². The molecule has 0 bridgehead atoms. The first-order chi connectivity index (χ1) is 11.7. The Morgan fingerprint density at radius 2 is 1.71 bits per heavy atom. The topological polar surface area (TPSA) is 43.9 Å². The van der Waals surface area contributed by atoms with Gasteiger partial charge in [0.15, 0.2) is 11.6 Å². The zero-order chi connectivity index (χ0) is 16.5. The molecule has 0 spiro atoms. The van der Waals surface area contributed by atoms with Crippen LogP contribution < -0.4 is 0 Å². The Labute approximate surface area is 140 Å². The molecule has 0 atom stereocenters. The minimum absolute atomic E-state index is 0.605. The van der Waals surface area contributed by atoms with Crippen LogP contribution in [0.15, 0.2) is 71.5 Å². The van der Waals surface area contributed by atoms with Gasteiger partial charge in [0.05, 0.1) is 6.20 Å². The largest absolute Gasteiger partial charge is 0.433 e. The molecule has 2 aromatic heterocycles. The molecule has 0 N–H and O–H groups in total. The number of rotatable bonds is 3. The lowest BCUT2D eigenvalue weighted by Crippen LogP contribution is -1.89. The Morgan fingerprint density at radius 1 is 0.917 bits per heavy atom. The van der Waals surface area contributed by atoms with E-state index in [0.29, 0.717) is 11.7 Å². The van der Waals surface area contributed by atoms with Crippen LogP contribution >= 0.6 is 0 Å². The summed E-state index contributed by atoms with van der Waals surface area (Å²) < 4.78 is 7.86. The maximum absolute atomic E-state index is 5.95. The Kier molecular flexibility index (Phi) is 3.50. The molecule has 0 fully saturated rings. The number of aryl methyl sites for hydroxylation is 2. The summed E-state index contributed by atoms with van der Waals surface area (Å²) in [4.78, 5) is 8.74. The van der Waals surface area contributed by atoms with Crippen LogP contribution in [-0.4, -0.2) is 14.5 Å². The highest BCUT2D eigenvalue weighted by molar-refractivity contribution is 5.71. The van der Waals surface area contributed by atoms with Gasteiger partial charge in [0.2, 0.25) is 5.89 Å². The number of nitrogens with zero attached hydrogens (tertiary/aromatic N) is 3. The van der Waals surface area contributed by atoms with Crippen molar-refractivity contribution < 1.29 is 4.42 Å². The third kappa shape index (κ3) is 2.63. The molecule has 0 amide bonds. The van der Waals surface area contributed by atoms with E-state index in [-0.39, 0.29) is 0 Å². The van der Waals surface area contributed by atoms with Crippen molar-refractivity contribution in [2.24, 2.45) is 7.05 Å². The molecular weight excluding hydrogens is 298 g/mol. The zero-order valence-electron chi connectivity index (χ0n) is 13.6. The Morgan fingerprint density at radius 3 is 2.46 bits per heavy atom. The van der Waals surface area contributed by atoms with Gasteiger partial charge < -0.3 is 8.98 Å². The van der Waals surface area contributed by atoms with E-state index in [1.807, 2.05) is 36.0 Å². The maximum atomic E-state index is 5.95. The predicted molar refractivity (Wildman–Crippen MR) is 94.3 cm³/mol. The molecule has 2 aromatic carbocycles. The fraction of sp³-hybridized carbons (Fsp3) is 0.100. The molecule has 0 saturated carbocycles. The minimum Gasteiger partial charge on any atom is -0.433 e. The quantitative estimate of drug-likeness (QED) is 0.549. The first kappa shape index (κ1) is 14.5. The molecule has 4 heteroatoms. The molecule has 0 radical (unpaired) electrons. The average molecular weight is 315 g/mol. The summed E-state index contributed by atoms with van der Waals surface area (Å²) in [6, 6.07) is 16.7. The zero-order valence-corrected chi connectivity index (χ0v) is 13.6. The monoisotopic (exact) mass is 315 g/mol. The maximum Gasteiger partial charge on any atom is 0.226 e. The number of benzene rings is 2. The second-order valence-electron chi connectivity index (χ2n) is 5.85. The molecule has 0 aliphatic heterocycles. The number of aromatic nitrogens is 3. The SMILES string of the molecule is Cc1cc(-c2ccccc2)cc(-c2ncc(-c3nccn3C)o2)c1. The van der Waals surface area contributed by atoms with Crippen LogP contribution in [0.3, 0.4) is 0 Å². The summed E-state index contributed by atoms with van der Waals surface area (Å²) in [5.74, 6) is 2.04. The van der Waals surface area contributed by atoms with Crippen molar-refractivity contribution in [2.45, 2.75) is 6.92 Å². The molecule has 118 valence electrons. The van der Waals surface area contributed by atoms with Crippen LogP contribution in [0.5, 0.6) is 0 Å². The van der Waals surface area contributed by atoms with Crippen LogP contribution in [0.2, 0.25) is 0 Å². The predicted octanol–water partition coefficient (Wildman–Crippen LogP) is 4.72. The summed E-state index contributed by atoms with van der Waals surface area (Å²) in [5.41, 5.74) is 4.47. The number of imidazole rings is 1. The molecule has 0 aliphatic carbocycles. The molecule has 4 nitrogen and oxygen atoms in total. The Hall–Kier alpha value is -3.14. The van der Waals surface area contributed by atoms with Gasteiger partial charge in [0, 0.05) is 25.0 Å². The van der Waals surface area contributed by atoms with E-state index in [4.69, 9.17) is 4.42 Å². The third-order valence-corrected chi connectivity index (χ3v) is 3.98. The van der Waals surface area contributed by atoms with Gasteiger partial charge in [-0.2, -0.15) is 0 Å². The summed E-state index contributed by atoms with van der Waals surface area (Å²) in [6.45, 7) is 2.08. The normalized spacial score (nSPS) is 10.9. The van der Waals surface area contributed by atoms with Crippen molar-refractivity contribution in [3.05, 3.63) is 72.7 Å². The van der Waals surface area contributed by atoms with Gasteiger partial charge in [0.1, 0.15) is 0 Å². The van der Waals surface area contributed by atoms with E-state index in [1.165, 1.54) is 11.1 Å². The summed E-state index contributed by atoms with van der Waals surface area (Å²) >= 11 is 0. The highest BCUT2D eigenvalue weighted by atomic mass is 16.4. The molecule has 4 aromatic rings. The van der Waals surface area contributed by atoms with Crippen LogP contribution in [0, 0.1) is 6.92 Å². The third-order valence-electron chi connectivity index (χ3n) is 3.98. The standard InChI is InChI=1S/C20H17N3O/c1-14-10-16(15-6-4-3-5-7-15)12-17(11-14)20-22-13-18(24-20)19-21-8-9-23(19)2/h3-13H,1-2H3. The van der Waals surface area contributed by atoms with E-state index in [2.05, 4.69) is 47.2 Å². The second kappa shape index (κ2) is 5.81. The van der Waals surface area contributed by atoms with Crippen LogP contribution in [0.25, 0.3) is 34.2 Å². The Bertz CT molecular complexity index is 983. The van der Waals surface area contributed by atoms with Gasteiger partial charge in [-0.1, -0.05) is 36.4 Å². The molecule has 4 rings (SSSR count). The van der Waals surface area contributed by atoms with Crippen LogP contribution in [-0.2, 0) is 7.05 Å². The average Bonchev–Trinajstić information content (AvgIpc) is 3.24. The summed E-state index contributed by atoms with van der Waals surface area (Å²) in [5, 5.41) is 0. The summed E-state index contributed by atoms with van der Waals surface area (Å²) in [7, 11) is 1.94. The molecule has 2 heterocycles. The lowest BCUT2D eigenvalue weighted by molar-refractivity contribution is 0.580. The first-order valence-electron chi connectivity index (χ1n) is 7.82. The van der Waals surface area contributed by atoms with Crippen molar-refractivity contribution in [1.29, 1.82) is 0 Å². The van der Waals surface area contributed by atoms with E-state index in [1.54, 1.807) is 12.4 Å². The van der Waals surface area contributed by atoms with Crippen LogP contribution in [0.1, 0.15) is 5.56 Å². The van der Waals surface area contributed by atoms with Crippen molar-refractivity contribution in [2.75, 3.05) is 0 Å². The molecule has 0 unspecified atom stereocenters. The molecular formula is C20H17N3O. The van der Waals surface area contributed by atoms with Crippen molar-refractivity contribution in [1.82, 2.24) is 14.5 Å². The fourth-order valence-electron chi connectivity index (χ4n) is 2.82. The van der Waals surface area contributed by atoms with Gasteiger partial charge in [-0.05, 0) is 35.7 Å². The smallest absolute Gasteiger partial charge is 0.226 e. The first-order valence-corrected chi connectivity index (χ1v) is 7.82. The van der Waals surface area contributed by atoms with E-state index < -0.39 is 0 Å². The highest BCUT2D eigenvalue weighted by Gasteiger charge is 2.13. The van der Waals surface area contributed by atoms with Gasteiger partial charge in [0.25, 0.3) is 0 Å². The second-order valence-corrected chi connectivity index (χ2v) is 5.85. The van der Waals surface area contributed by atoms with Gasteiger partial charge in [-0.25, -0.2) is 9.97 Å². The van der Waals surface area contributed by atoms with Gasteiger partial charge in [-0.15, -0.1) is 0 Å². The van der Waals surface area contributed by atoms with Crippen molar-refractivity contribution in [3.8, 4) is 34.2 Å². The molecule has 24 heavy (non-hydrogen) atoms.